The van der Waals surface area contributed by atoms with Crippen LogP contribution in [0.1, 0.15) is 22.8 Å². The molecule has 1 N–H and O–H groups in total. The number of aromatic nitrogens is 1. The highest BCUT2D eigenvalue weighted by Crippen LogP contribution is 2.30. The molecular formula is C17H17F3N2O3. The van der Waals surface area contributed by atoms with E-state index in [4.69, 9.17) is 9.84 Å². The van der Waals surface area contributed by atoms with Crippen molar-refractivity contribution in [3.8, 4) is 11.6 Å². The van der Waals surface area contributed by atoms with Gasteiger partial charge in [0.15, 0.2) is 0 Å². The first-order valence-electron chi connectivity index (χ1n) is 7.56. The van der Waals surface area contributed by atoms with E-state index in [0.29, 0.717) is 24.1 Å². The molecule has 0 aliphatic heterocycles. The number of aliphatic hydroxyl groups is 1. The Labute approximate surface area is 142 Å². The summed E-state index contributed by atoms with van der Waals surface area (Å²) in [6.45, 7) is 2.39. The highest BCUT2D eigenvalue weighted by Gasteiger charge is 2.30. The lowest BCUT2D eigenvalue weighted by Gasteiger charge is -2.19. The van der Waals surface area contributed by atoms with Gasteiger partial charge in [0.05, 0.1) is 12.2 Å². The van der Waals surface area contributed by atoms with Crippen LogP contribution in [0.5, 0.6) is 11.6 Å². The Morgan fingerprint density at radius 1 is 1.20 bits per heavy atom. The maximum absolute atomic E-state index is 12.5. The lowest BCUT2D eigenvalue weighted by molar-refractivity contribution is -0.137. The zero-order valence-corrected chi connectivity index (χ0v) is 13.5. The van der Waals surface area contributed by atoms with Gasteiger partial charge in [0.25, 0.3) is 5.91 Å². The van der Waals surface area contributed by atoms with E-state index in [1.165, 1.54) is 17.0 Å². The van der Waals surface area contributed by atoms with Crippen molar-refractivity contribution in [3.63, 3.8) is 0 Å². The van der Waals surface area contributed by atoms with Crippen LogP contribution in [-0.4, -0.2) is 40.6 Å². The molecule has 2 aromatic rings. The Kier molecular flexibility index (Phi) is 5.97. The highest BCUT2D eigenvalue weighted by molar-refractivity contribution is 5.94. The van der Waals surface area contributed by atoms with Crippen molar-refractivity contribution in [2.45, 2.75) is 13.1 Å². The number of halogens is 3. The number of hydrogen-bond acceptors (Lipinski definition) is 4. The van der Waals surface area contributed by atoms with Gasteiger partial charge in [-0.3, -0.25) is 4.79 Å². The van der Waals surface area contributed by atoms with Crippen LogP contribution < -0.4 is 4.74 Å². The standard InChI is InChI=1S/C17H17F3N2O3/c1-2-22(9-10-23)16(24)12-3-6-14(7-4-12)25-15-8-5-13(11-21-15)17(18,19)20/h3-8,11,23H,2,9-10H2,1H3. The molecular weight excluding hydrogens is 337 g/mol. The zero-order valence-electron chi connectivity index (χ0n) is 13.5. The highest BCUT2D eigenvalue weighted by atomic mass is 19.4. The van der Waals surface area contributed by atoms with Gasteiger partial charge in [-0.25, -0.2) is 4.98 Å². The van der Waals surface area contributed by atoms with E-state index in [0.717, 1.165) is 12.1 Å². The second-order valence-corrected chi connectivity index (χ2v) is 5.12. The van der Waals surface area contributed by atoms with Crippen LogP contribution >= 0.6 is 0 Å². The number of ether oxygens (including phenoxy) is 1. The second-order valence-electron chi connectivity index (χ2n) is 5.12. The monoisotopic (exact) mass is 354 g/mol. The first kappa shape index (κ1) is 18.7. The van der Waals surface area contributed by atoms with Crippen LogP contribution in [0.15, 0.2) is 42.6 Å². The summed E-state index contributed by atoms with van der Waals surface area (Å²) in [6.07, 6.45) is -3.76. The molecule has 2 rings (SSSR count). The maximum Gasteiger partial charge on any atom is 0.417 e. The lowest BCUT2D eigenvalue weighted by atomic mass is 10.2. The predicted molar refractivity (Wildman–Crippen MR) is 84.4 cm³/mol. The van der Waals surface area contributed by atoms with Crippen molar-refractivity contribution in [1.29, 1.82) is 0 Å². The number of alkyl halides is 3. The molecule has 5 nitrogen and oxygen atoms in total. The number of pyridine rings is 1. The molecule has 1 heterocycles. The summed E-state index contributed by atoms with van der Waals surface area (Å²) < 4.78 is 42.8. The molecule has 0 bridgehead atoms. The Morgan fingerprint density at radius 2 is 1.88 bits per heavy atom. The Morgan fingerprint density at radius 3 is 2.36 bits per heavy atom. The molecule has 0 spiro atoms. The smallest absolute Gasteiger partial charge is 0.417 e. The molecule has 0 saturated carbocycles. The van der Waals surface area contributed by atoms with Crippen molar-refractivity contribution in [2.75, 3.05) is 19.7 Å². The summed E-state index contributed by atoms with van der Waals surface area (Å²) in [7, 11) is 0. The first-order chi connectivity index (χ1) is 11.8. The normalized spacial score (nSPS) is 11.2. The van der Waals surface area contributed by atoms with Crippen molar-refractivity contribution in [1.82, 2.24) is 9.88 Å². The number of aliphatic hydroxyl groups excluding tert-OH is 1. The molecule has 25 heavy (non-hydrogen) atoms. The molecule has 0 aliphatic carbocycles. The third-order valence-electron chi connectivity index (χ3n) is 3.43. The van der Waals surface area contributed by atoms with Crippen molar-refractivity contribution >= 4 is 5.91 Å². The summed E-state index contributed by atoms with van der Waals surface area (Å²) in [5.74, 6) is 0.132. The van der Waals surface area contributed by atoms with E-state index < -0.39 is 11.7 Å². The topological polar surface area (TPSA) is 62.7 Å². The fourth-order valence-electron chi connectivity index (χ4n) is 2.10. The van der Waals surface area contributed by atoms with Gasteiger partial charge in [-0.15, -0.1) is 0 Å². The minimum atomic E-state index is -4.45. The molecule has 0 aliphatic rings. The molecule has 8 heteroatoms. The average Bonchev–Trinajstić information content (AvgIpc) is 2.59. The minimum Gasteiger partial charge on any atom is -0.439 e. The van der Waals surface area contributed by atoms with Crippen LogP contribution in [-0.2, 0) is 6.18 Å². The van der Waals surface area contributed by atoms with Gasteiger partial charge >= 0.3 is 6.18 Å². The number of hydrogen-bond donors (Lipinski definition) is 1. The molecule has 0 radical (unpaired) electrons. The van der Waals surface area contributed by atoms with E-state index in [9.17, 15) is 18.0 Å². The lowest BCUT2D eigenvalue weighted by Crippen LogP contribution is -2.33. The SMILES string of the molecule is CCN(CCO)C(=O)c1ccc(Oc2ccc(C(F)(F)F)cn2)cc1. The predicted octanol–water partition coefficient (Wildman–Crippen LogP) is 3.35. The van der Waals surface area contributed by atoms with Crippen LogP contribution in [0.4, 0.5) is 13.2 Å². The number of benzene rings is 1. The van der Waals surface area contributed by atoms with Crippen LogP contribution in [0.25, 0.3) is 0 Å². The van der Waals surface area contributed by atoms with Gasteiger partial charge < -0.3 is 14.7 Å². The van der Waals surface area contributed by atoms with Crippen molar-refractivity contribution in [2.24, 2.45) is 0 Å². The first-order valence-corrected chi connectivity index (χ1v) is 7.56. The second kappa shape index (κ2) is 7.98. The third-order valence-corrected chi connectivity index (χ3v) is 3.43. The van der Waals surface area contributed by atoms with E-state index in [1.54, 1.807) is 19.1 Å². The number of carbonyl (C=O) groups is 1. The molecule has 134 valence electrons. The quantitative estimate of drug-likeness (QED) is 0.864. The number of carbonyl (C=O) groups excluding carboxylic acids is 1. The molecule has 0 saturated heterocycles. The van der Waals surface area contributed by atoms with Gasteiger partial charge in [-0.05, 0) is 37.3 Å². The average molecular weight is 354 g/mol. The summed E-state index contributed by atoms with van der Waals surface area (Å²) in [5, 5.41) is 8.95. The summed E-state index contributed by atoms with van der Waals surface area (Å²) in [5.41, 5.74) is -0.438. The third kappa shape index (κ3) is 4.93. The Bertz CT molecular complexity index is 701. The zero-order chi connectivity index (χ0) is 18.4. The van der Waals surface area contributed by atoms with Crippen LogP contribution in [0.3, 0.4) is 0 Å². The van der Waals surface area contributed by atoms with Crippen LogP contribution in [0.2, 0.25) is 0 Å². The van der Waals surface area contributed by atoms with E-state index in [2.05, 4.69) is 4.98 Å². The number of rotatable bonds is 6. The van der Waals surface area contributed by atoms with Gasteiger partial charge in [0.2, 0.25) is 5.88 Å². The fraction of sp³-hybridized carbons (Fsp3) is 0.294. The van der Waals surface area contributed by atoms with E-state index in [-0.39, 0.29) is 24.9 Å². The summed E-state index contributed by atoms with van der Waals surface area (Å²) in [6, 6.07) is 8.15. The van der Waals surface area contributed by atoms with E-state index in [1.807, 2.05) is 0 Å². The number of nitrogens with zero attached hydrogens (tertiary/aromatic N) is 2. The van der Waals surface area contributed by atoms with Crippen molar-refractivity contribution in [3.05, 3.63) is 53.7 Å². The Hall–Kier alpha value is -2.61. The van der Waals surface area contributed by atoms with Crippen molar-refractivity contribution < 1.29 is 27.8 Å². The van der Waals surface area contributed by atoms with E-state index >= 15 is 0 Å². The molecule has 1 aromatic carbocycles. The Balaban J connectivity index is 2.06. The molecule has 0 fully saturated rings. The molecule has 1 amide bonds. The number of likely N-dealkylation sites (N-methyl/N-ethyl adjacent to an activating group) is 1. The molecule has 1 aromatic heterocycles. The van der Waals surface area contributed by atoms with Gasteiger partial charge in [-0.2, -0.15) is 13.2 Å². The van der Waals surface area contributed by atoms with Gasteiger partial charge in [-0.1, -0.05) is 0 Å². The fourth-order valence-corrected chi connectivity index (χ4v) is 2.10. The molecule has 0 unspecified atom stereocenters. The largest absolute Gasteiger partial charge is 0.439 e. The summed E-state index contributed by atoms with van der Waals surface area (Å²) >= 11 is 0. The van der Waals surface area contributed by atoms with Gasteiger partial charge in [0.1, 0.15) is 5.75 Å². The van der Waals surface area contributed by atoms with Gasteiger partial charge in [0, 0.05) is 30.9 Å². The maximum atomic E-state index is 12.5. The summed E-state index contributed by atoms with van der Waals surface area (Å²) in [4.78, 5) is 17.3. The molecule has 0 atom stereocenters. The minimum absolute atomic E-state index is 0.0162. The number of amides is 1. The van der Waals surface area contributed by atoms with Crippen LogP contribution in [0, 0.1) is 0 Å².